The molecule has 112 valence electrons. The van der Waals surface area contributed by atoms with Crippen LogP contribution in [-0.4, -0.2) is 27.2 Å². The van der Waals surface area contributed by atoms with Crippen LogP contribution in [0.3, 0.4) is 0 Å². The summed E-state index contributed by atoms with van der Waals surface area (Å²) >= 11 is 0. The van der Waals surface area contributed by atoms with Crippen LogP contribution in [0, 0.1) is 0 Å². The Kier molecular flexibility index (Phi) is 4.80. The highest BCUT2D eigenvalue weighted by molar-refractivity contribution is 7.91. The lowest BCUT2D eigenvalue weighted by molar-refractivity contribution is -0.137. The van der Waals surface area contributed by atoms with Gasteiger partial charge in [0.2, 0.25) is 0 Å². The van der Waals surface area contributed by atoms with Crippen LogP contribution in [0.4, 0.5) is 13.2 Å². The molecule has 1 rings (SSSR count). The third-order valence-electron chi connectivity index (χ3n) is 2.49. The lowest BCUT2D eigenvalue weighted by Gasteiger charge is -2.11. The number of benzene rings is 1. The van der Waals surface area contributed by atoms with Crippen molar-refractivity contribution in [2.75, 3.05) is 12.9 Å². The van der Waals surface area contributed by atoms with E-state index in [1.54, 1.807) is 6.92 Å². The molecule has 0 unspecified atom stereocenters. The Hall–Kier alpha value is -1.57. The van der Waals surface area contributed by atoms with E-state index < -0.39 is 38.0 Å². The topological polar surface area (TPSA) is 60.4 Å². The molecule has 0 aliphatic heterocycles. The van der Waals surface area contributed by atoms with Gasteiger partial charge in [0, 0.05) is 0 Å². The van der Waals surface area contributed by atoms with Gasteiger partial charge < -0.3 is 4.74 Å². The number of carbonyl (C=O) groups is 1. The molecule has 0 radical (unpaired) electrons. The molecular formula is C12H13F3O4S. The molecule has 0 amide bonds. The van der Waals surface area contributed by atoms with Crippen LogP contribution in [0.15, 0.2) is 23.1 Å². The number of alkyl halides is 3. The summed E-state index contributed by atoms with van der Waals surface area (Å²) < 4.78 is 66.3. The molecular weight excluding hydrogens is 297 g/mol. The number of ether oxygens (including phenoxy) is 1. The summed E-state index contributed by atoms with van der Waals surface area (Å²) in [4.78, 5) is 10.8. The molecule has 0 saturated heterocycles. The van der Waals surface area contributed by atoms with Crippen LogP contribution < -0.4 is 0 Å². The van der Waals surface area contributed by atoms with E-state index in [2.05, 4.69) is 4.74 Å². The van der Waals surface area contributed by atoms with Crippen molar-refractivity contribution < 1.29 is 31.1 Å². The first-order valence-corrected chi connectivity index (χ1v) is 7.30. The van der Waals surface area contributed by atoms with Gasteiger partial charge in [0.1, 0.15) is 0 Å². The van der Waals surface area contributed by atoms with Crippen molar-refractivity contribution in [3.05, 3.63) is 29.3 Å². The summed E-state index contributed by atoms with van der Waals surface area (Å²) in [6.45, 7) is 1.59. The second-order valence-corrected chi connectivity index (χ2v) is 6.16. The Balaban J connectivity index is 3.50. The van der Waals surface area contributed by atoms with E-state index in [-0.39, 0.29) is 12.2 Å². The highest BCUT2D eigenvalue weighted by atomic mass is 32.2. The summed E-state index contributed by atoms with van der Waals surface area (Å²) in [5.41, 5.74) is -1.65. The Morgan fingerprint density at radius 3 is 2.30 bits per heavy atom. The maximum atomic E-state index is 12.7. The third-order valence-corrected chi connectivity index (χ3v) is 4.39. The number of carbonyl (C=O) groups excluding carboxylic acids is 1. The maximum absolute atomic E-state index is 12.7. The number of methoxy groups -OCH3 is 1. The molecule has 0 saturated carbocycles. The molecule has 0 bridgehead atoms. The average Bonchev–Trinajstić information content (AvgIpc) is 2.36. The van der Waals surface area contributed by atoms with Gasteiger partial charge in [0.15, 0.2) is 9.84 Å². The van der Waals surface area contributed by atoms with E-state index in [0.717, 1.165) is 13.2 Å². The number of hydrogen-bond donors (Lipinski definition) is 0. The monoisotopic (exact) mass is 310 g/mol. The molecule has 20 heavy (non-hydrogen) atoms. The Morgan fingerprint density at radius 1 is 1.25 bits per heavy atom. The van der Waals surface area contributed by atoms with E-state index in [0.29, 0.717) is 12.1 Å². The van der Waals surface area contributed by atoms with Crippen molar-refractivity contribution in [1.29, 1.82) is 0 Å². The van der Waals surface area contributed by atoms with Crippen LogP contribution in [0.1, 0.15) is 29.3 Å². The molecule has 0 aliphatic rings. The normalized spacial score (nSPS) is 12.2. The molecule has 1 aromatic carbocycles. The fourth-order valence-corrected chi connectivity index (χ4v) is 2.95. The fourth-order valence-electron chi connectivity index (χ4n) is 1.56. The summed E-state index contributed by atoms with van der Waals surface area (Å²) in [7, 11) is -2.86. The van der Waals surface area contributed by atoms with E-state index >= 15 is 0 Å². The summed E-state index contributed by atoms with van der Waals surface area (Å²) in [6.07, 6.45) is -4.49. The number of sulfone groups is 1. The fraction of sp³-hybridized carbons (Fsp3) is 0.417. The second kappa shape index (κ2) is 5.82. The lowest BCUT2D eigenvalue weighted by atomic mass is 10.1. The molecule has 0 aliphatic carbocycles. The van der Waals surface area contributed by atoms with Crippen LogP contribution in [-0.2, 0) is 20.8 Å². The van der Waals surface area contributed by atoms with Gasteiger partial charge in [-0.2, -0.15) is 13.2 Å². The molecule has 0 N–H and O–H groups in total. The first-order chi connectivity index (χ1) is 9.11. The first kappa shape index (κ1) is 16.5. The van der Waals surface area contributed by atoms with E-state index in [1.807, 2.05) is 0 Å². The minimum absolute atomic E-state index is 0.256. The Bertz CT molecular complexity index is 606. The first-order valence-electron chi connectivity index (χ1n) is 5.65. The van der Waals surface area contributed by atoms with Crippen molar-refractivity contribution in [3.63, 3.8) is 0 Å². The third kappa shape index (κ3) is 3.72. The summed E-state index contributed by atoms with van der Waals surface area (Å²) in [6, 6.07) is 1.99. The number of halogens is 3. The van der Waals surface area contributed by atoms with E-state index in [4.69, 9.17) is 0 Å². The average molecular weight is 310 g/mol. The van der Waals surface area contributed by atoms with Gasteiger partial charge in [0.05, 0.1) is 28.9 Å². The van der Waals surface area contributed by atoms with Crippen molar-refractivity contribution in [2.24, 2.45) is 0 Å². The van der Waals surface area contributed by atoms with Crippen molar-refractivity contribution in [2.45, 2.75) is 24.4 Å². The van der Waals surface area contributed by atoms with Crippen molar-refractivity contribution in [1.82, 2.24) is 0 Å². The zero-order valence-electron chi connectivity index (χ0n) is 10.8. The van der Waals surface area contributed by atoms with E-state index in [1.165, 1.54) is 0 Å². The number of rotatable bonds is 4. The molecule has 0 atom stereocenters. The van der Waals surface area contributed by atoms with Crippen molar-refractivity contribution >= 4 is 15.8 Å². The minimum Gasteiger partial charge on any atom is -0.465 e. The van der Waals surface area contributed by atoms with Gasteiger partial charge in [-0.3, -0.25) is 0 Å². The van der Waals surface area contributed by atoms with Gasteiger partial charge in [-0.05, 0) is 24.6 Å². The van der Waals surface area contributed by atoms with Gasteiger partial charge in [-0.25, -0.2) is 13.2 Å². The minimum atomic E-state index is -4.75. The summed E-state index contributed by atoms with van der Waals surface area (Å²) in [5, 5.41) is 0. The second-order valence-electron chi connectivity index (χ2n) is 4.05. The van der Waals surface area contributed by atoms with Crippen LogP contribution >= 0.6 is 0 Å². The van der Waals surface area contributed by atoms with Gasteiger partial charge in [-0.1, -0.05) is 6.92 Å². The molecule has 8 heteroatoms. The highest BCUT2D eigenvalue weighted by Crippen LogP contribution is 2.32. The van der Waals surface area contributed by atoms with Gasteiger partial charge in [-0.15, -0.1) is 0 Å². The smallest absolute Gasteiger partial charge is 0.416 e. The molecule has 0 heterocycles. The molecule has 4 nitrogen and oxygen atoms in total. The molecule has 0 fully saturated rings. The Labute approximate surface area is 114 Å². The molecule has 0 spiro atoms. The quantitative estimate of drug-likeness (QED) is 0.802. The Morgan fingerprint density at radius 2 is 1.85 bits per heavy atom. The predicted molar refractivity (Wildman–Crippen MR) is 65.1 cm³/mol. The van der Waals surface area contributed by atoms with Gasteiger partial charge >= 0.3 is 12.1 Å². The van der Waals surface area contributed by atoms with Crippen molar-refractivity contribution in [3.8, 4) is 0 Å². The van der Waals surface area contributed by atoms with Gasteiger partial charge in [0.25, 0.3) is 0 Å². The largest absolute Gasteiger partial charge is 0.465 e. The predicted octanol–water partition coefficient (Wildman–Crippen LogP) is 2.68. The molecule has 1 aromatic rings. The van der Waals surface area contributed by atoms with E-state index in [9.17, 15) is 26.4 Å². The zero-order chi connectivity index (χ0) is 15.6. The number of hydrogen-bond acceptors (Lipinski definition) is 4. The maximum Gasteiger partial charge on any atom is 0.416 e. The van der Waals surface area contributed by atoms with Crippen LogP contribution in [0.2, 0.25) is 0 Å². The SMILES string of the molecule is CCCS(=O)(=O)c1cc(C(=O)OC)cc(C(F)(F)F)c1. The highest BCUT2D eigenvalue weighted by Gasteiger charge is 2.33. The molecule has 0 aromatic heterocycles. The van der Waals surface area contributed by atoms with Crippen LogP contribution in [0.25, 0.3) is 0 Å². The van der Waals surface area contributed by atoms with Crippen LogP contribution in [0.5, 0.6) is 0 Å². The lowest BCUT2D eigenvalue weighted by Crippen LogP contribution is -2.13. The number of esters is 1. The summed E-state index contributed by atoms with van der Waals surface area (Å²) in [5.74, 6) is -1.32. The zero-order valence-corrected chi connectivity index (χ0v) is 11.6. The standard InChI is InChI=1S/C12H13F3O4S/c1-3-4-20(17,18)10-6-8(11(16)19-2)5-9(7-10)12(13,14)15/h5-7H,3-4H2,1-2H3.